The minimum absolute atomic E-state index is 0.0255. The van der Waals surface area contributed by atoms with E-state index in [1.165, 1.54) is 6.42 Å². The lowest BCUT2D eigenvalue weighted by Crippen LogP contribution is -2.32. The zero-order valence-electron chi connectivity index (χ0n) is 14.8. The molecular weight excluding hydrogens is 296 g/mol. The van der Waals surface area contributed by atoms with Gasteiger partial charge in [0.2, 0.25) is 0 Å². The zero-order valence-corrected chi connectivity index (χ0v) is 14.8. The lowest BCUT2D eigenvalue weighted by molar-refractivity contribution is -0.128. The maximum atomic E-state index is 11.6. The van der Waals surface area contributed by atoms with Gasteiger partial charge in [0.05, 0.1) is 0 Å². The first-order valence-electron chi connectivity index (χ1n) is 8.75. The average molecular weight is 322 g/mol. The summed E-state index contributed by atoms with van der Waals surface area (Å²) in [6.45, 7) is 6.67. The summed E-state index contributed by atoms with van der Waals surface area (Å²) in [6, 6.07) is 19.5. The highest BCUT2D eigenvalue weighted by atomic mass is 16.5. The second kappa shape index (κ2) is 6.43. The lowest BCUT2D eigenvalue weighted by atomic mass is 9.70. The van der Waals surface area contributed by atoms with Crippen LogP contribution in [0.4, 0.5) is 0 Å². The molecule has 2 aliphatic carbocycles. The zero-order chi connectivity index (χ0) is 17.2. The molecule has 2 nitrogen and oxygen atoms in total. The van der Waals surface area contributed by atoms with E-state index in [-0.39, 0.29) is 10.8 Å². The van der Waals surface area contributed by atoms with Gasteiger partial charge in [0.25, 0.3) is 0 Å². The Morgan fingerprint density at radius 2 is 1.38 bits per heavy atom. The summed E-state index contributed by atoms with van der Waals surface area (Å²) < 4.78 is 5.58. The van der Waals surface area contributed by atoms with Gasteiger partial charge in [-0.2, -0.15) is 0 Å². The third kappa shape index (κ3) is 2.98. The highest BCUT2D eigenvalue weighted by Gasteiger charge is 2.61. The highest BCUT2D eigenvalue weighted by molar-refractivity contribution is 5.89. The van der Waals surface area contributed by atoms with Gasteiger partial charge in [0.1, 0.15) is 17.3 Å². The van der Waals surface area contributed by atoms with Crippen LogP contribution in [0.3, 0.4) is 0 Å². The summed E-state index contributed by atoms with van der Waals surface area (Å²) in [5.41, 5.74) is 0.307. The number of benzene rings is 2. The molecule has 0 radical (unpaired) electrons. The minimum Gasteiger partial charge on any atom is -0.457 e. The number of hydrogen-bond donors (Lipinski definition) is 0. The highest BCUT2D eigenvalue weighted by Crippen LogP contribution is 2.63. The monoisotopic (exact) mass is 322 g/mol. The van der Waals surface area contributed by atoms with E-state index in [1.54, 1.807) is 0 Å². The van der Waals surface area contributed by atoms with Crippen LogP contribution < -0.4 is 4.74 Å². The molecule has 2 fully saturated rings. The van der Waals surface area contributed by atoms with Crippen molar-refractivity contribution >= 4 is 5.78 Å². The molecule has 0 aromatic heterocycles. The second-order valence-corrected chi connectivity index (χ2v) is 7.64. The Labute approximate surface area is 144 Å². The van der Waals surface area contributed by atoms with E-state index < -0.39 is 0 Å². The normalized spacial score (nSPS) is 26.6. The molecule has 0 amide bonds. The van der Waals surface area contributed by atoms with E-state index in [0.717, 1.165) is 24.3 Å². The van der Waals surface area contributed by atoms with Gasteiger partial charge in [0, 0.05) is 11.8 Å². The van der Waals surface area contributed by atoms with Crippen molar-refractivity contribution in [3.05, 3.63) is 60.7 Å². The molecule has 2 aliphatic rings. The molecule has 126 valence electrons. The number of hydrogen-bond acceptors (Lipinski definition) is 2. The molecule has 2 bridgehead atoms. The Hall–Kier alpha value is -2.09. The van der Waals surface area contributed by atoms with Gasteiger partial charge in [0.15, 0.2) is 0 Å². The summed E-state index contributed by atoms with van der Waals surface area (Å²) in [6.07, 6.45) is 3.25. The van der Waals surface area contributed by atoms with Crippen molar-refractivity contribution in [1.29, 1.82) is 0 Å². The minimum atomic E-state index is 0.0255. The molecule has 2 saturated carbocycles. The molecule has 24 heavy (non-hydrogen) atoms. The summed E-state index contributed by atoms with van der Waals surface area (Å²) >= 11 is 0. The molecular formula is C22H26O2. The Morgan fingerprint density at radius 3 is 1.67 bits per heavy atom. The van der Waals surface area contributed by atoms with E-state index >= 15 is 0 Å². The van der Waals surface area contributed by atoms with Gasteiger partial charge in [-0.1, -0.05) is 57.2 Å². The van der Waals surface area contributed by atoms with E-state index in [9.17, 15) is 4.79 Å². The van der Waals surface area contributed by atoms with Crippen LogP contribution in [-0.4, -0.2) is 5.78 Å². The van der Waals surface area contributed by atoms with Gasteiger partial charge in [-0.3, -0.25) is 4.79 Å². The van der Waals surface area contributed by atoms with E-state index in [4.69, 9.17) is 4.74 Å². The van der Waals surface area contributed by atoms with Crippen molar-refractivity contribution in [2.24, 2.45) is 16.7 Å². The Bertz CT molecular complexity index is 653. The molecule has 0 heterocycles. The number of Topliss-reactive ketones (excluding diaryl/α,β-unsaturated/α-hetero) is 1. The molecule has 2 aromatic rings. The number of carbonyl (C=O) groups excluding carboxylic acids is 1. The molecule has 2 heteroatoms. The fourth-order valence-corrected chi connectivity index (χ4v) is 4.01. The number of rotatable bonds is 2. The molecule has 2 aromatic carbocycles. The van der Waals surface area contributed by atoms with Crippen LogP contribution in [0, 0.1) is 16.7 Å². The molecule has 2 unspecified atom stereocenters. The Kier molecular flexibility index (Phi) is 4.49. The topological polar surface area (TPSA) is 26.3 Å². The number of para-hydroxylation sites is 2. The van der Waals surface area contributed by atoms with E-state index in [0.29, 0.717) is 11.7 Å². The first kappa shape index (κ1) is 16.8. The van der Waals surface area contributed by atoms with Crippen LogP contribution in [0.25, 0.3) is 0 Å². The van der Waals surface area contributed by atoms with Crippen LogP contribution in [0.5, 0.6) is 11.5 Å². The van der Waals surface area contributed by atoms with Gasteiger partial charge >= 0.3 is 0 Å². The predicted octanol–water partition coefficient (Wildman–Crippen LogP) is 5.88. The van der Waals surface area contributed by atoms with Crippen LogP contribution in [0.2, 0.25) is 0 Å². The van der Waals surface area contributed by atoms with Crippen molar-refractivity contribution in [3.8, 4) is 11.5 Å². The largest absolute Gasteiger partial charge is 0.457 e. The second-order valence-electron chi connectivity index (χ2n) is 7.64. The number of fused-ring (bicyclic) bond motifs is 2. The first-order valence-corrected chi connectivity index (χ1v) is 8.75. The van der Waals surface area contributed by atoms with Gasteiger partial charge in [-0.15, -0.1) is 0 Å². The standard InChI is InChI=1S/C12H10O.C10H16O/c1-3-7-11(8-4-1)13-12-9-5-2-6-10-12;1-9(2)7-4-5-10(9,3)8(11)6-7/h1-10H;7H,4-6H2,1-3H3. The van der Waals surface area contributed by atoms with Crippen LogP contribution >= 0.6 is 0 Å². The summed E-state index contributed by atoms with van der Waals surface area (Å²) in [5.74, 6) is 2.93. The summed E-state index contributed by atoms with van der Waals surface area (Å²) in [4.78, 5) is 11.6. The summed E-state index contributed by atoms with van der Waals surface area (Å²) in [7, 11) is 0. The van der Waals surface area contributed by atoms with Crippen LogP contribution in [0.15, 0.2) is 60.7 Å². The van der Waals surface area contributed by atoms with Crippen LogP contribution in [0.1, 0.15) is 40.0 Å². The number of carbonyl (C=O) groups is 1. The van der Waals surface area contributed by atoms with Gasteiger partial charge in [-0.05, 0) is 48.4 Å². The van der Waals surface area contributed by atoms with Crippen molar-refractivity contribution in [2.75, 3.05) is 0 Å². The van der Waals surface area contributed by atoms with Crippen molar-refractivity contribution < 1.29 is 9.53 Å². The lowest BCUT2D eigenvalue weighted by Gasteiger charge is -2.32. The molecule has 2 atom stereocenters. The van der Waals surface area contributed by atoms with Gasteiger partial charge < -0.3 is 4.74 Å². The van der Waals surface area contributed by atoms with Gasteiger partial charge in [-0.25, -0.2) is 0 Å². The van der Waals surface area contributed by atoms with Crippen molar-refractivity contribution in [2.45, 2.75) is 40.0 Å². The Balaban J connectivity index is 0.000000143. The molecule has 4 rings (SSSR count). The maximum Gasteiger partial charge on any atom is 0.139 e. The summed E-state index contributed by atoms with van der Waals surface area (Å²) in [5, 5.41) is 0. The van der Waals surface area contributed by atoms with Crippen molar-refractivity contribution in [1.82, 2.24) is 0 Å². The van der Waals surface area contributed by atoms with E-state index in [1.807, 2.05) is 60.7 Å². The maximum absolute atomic E-state index is 11.6. The third-order valence-electron chi connectivity index (χ3n) is 6.20. The first-order chi connectivity index (χ1) is 11.4. The Morgan fingerprint density at radius 1 is 0.875 bits per heavy atom. The molecule has 0 aliphatic heterocycles. The molecule has 0 spiro atoms. The SMILES string of the molecule is CC12CCC(CC1=O)C2(C)C.c1ccc(Oc2ccccc2)cc1. The van der Waals surface area contributed by atoms with Crippen molar-refractivity contribution in [3.63, 3.8) is 0 Å². The third-order valence-corrected chi connectivity index (χ3v) is 6.20. The average Bonchev–Trinajstić information content (AvgIpc) is 2.90. The van der Waals surface area contributed by atoms with E-state index in [2.05, 4.69) is 20.8 Å². The van der Waals surface area contributed by atoms with Crippen LogP contribution in [-0.2, 0) is 4.79 Å². The smallest absolute Gasteiger partial charge is 0.139 e. The number of ketones is 1. The quantitative estimate of drug-likeness (QED) is 0.690. The predicted molar refractivity (Wildman–Crippen MR) is 97.2 cm³/mol. The number of ether oxygens (including phenoxy) is 1. The fourth-order valence-electron chi connectivity index (χ4n) is 4.01. The fraction of sp³-hybridized carbons (Fsp3) is 0.409. The molecule has 0 N–H and O–H groups in total. The molecule has 0 saturated heterocycles.